The van der Waals surface area contributed by atoms with Crippen LogP contribution in [0.5, 0.6) is 11.5 Å². The van der Waals surface area contributed by atoms with Crippen molar-refractivity contribution < 1.29 is 13.9 Å². The van der Waals surface area contributed by atoms with Gasteiger partial charge in [0.15, 0.2) is 11.6 Å². The summed E-state index contributed by atoms with van der Waals surface area (Å²) in [5.41, 5.74) is 0.442. The Morgan fingerprint density at radius 1 is 1.28 bits per heavy atom. The number of hydrogen-bond donors (Lipinski definition) is 0. The Morgan fingerprint density at radius 3 is 2.78 bits per heavy atom. The number of aromatic nitrogens is 1. The van der Waals surface area contributed by atoms with E-state index < -0.39 is 5.82 Å². The summed E-state index contributed by atoms with van der Waals surface area (Å²) in [6.45, 7) is 0.131. The largest absolute Gasteiger partial charge is 0.494 e. The molecule has 0 saturated carbocycles. The molecule has 0 radical (unpaired) electrons. The van der Waals surface area contributed by atoms with Crippen LogP contribution in [0.1, 0.15) is 5.56 Å². The van der Waals surface area contributed by atoms with Gasteiger partial charge in [0.05, 0.1) is 13.3 Å². The summed E-state index contributed by atoms with van der Waals surface area (Å²) in [5, 5.41) is 0. The summed E-state index contributed by atoms with van der Waals surface area (Å²) >= 11 is 3.23. The van der Waals surface area contributed by atoms with Gasteiger partial charge in [-0.05, 0) is 34.1 Å². The fourth-order valence-corrected chi connectivity index (χ4v) is 1.67. The number of pyridine rings is 1. The van der Waals surface area contributed by atoms with E-state index in [0.29, 0.717) is 11.3 Å². The van der Waals surface area contributed by atoms with Crippen LogP contribution in [0.4, 0.5) is 4.39 Å². The summed E-state index contributed by atoms with van der Waals surface area (Å²) in [7, 11) is 1.43. The number of methoxy groups -OCH3 is 1. The predicted molar refractivity (Wildman–Crippen MR) is 69.2 cm³/mol. The van der Waals surface area contributed by atoms with Crippen LogP contribution >= 0.6 is 15.9 Å². The lowest BCUT2D eigenvalue weighted by molar-refractivity contribution is 0.294. The molecule has 0 aliphatic heterocycles. The Hall–Kier alpha value is -1.62. The number of ether oxygens (including phenoxy) is 2. The van der Waals surface area contributed by atoms with Crippen molar-refractivity contribution in [2.24, 2.45) is 0 Å². The zero-order chi connectivity index (χ0) is 13.0. The van der Waals surface area contributed by atoms with Crippen molar-refractivity contribution in [3.63, 3.8) is 0 Å². The average molecular weight is 312 g/mol. The lowest BCUT2D eigenvalue weighted by Gasteiger charge is -2.09. The van der Waals surface area contributed by atoms with Crippen LogP contribution in [0.25, 0.3) is 0 Å². The lowest BCUT2D eigenvalue weighted by atomic mass is 10.2. The predicted octanol–water partition coefficient (Wildman–Crippen LogP) is 3.57. The van der Waals surface area contributed by atoms with Gasteiger partial charge in [0, 0.05) is 5.56 Å². The fourth-order valence-electron chi connectivity index (χ4n) is 1.43. The minimum atomic E-state index is -0.398. The topological polar surface area (TPSA) is 31.4 Å². The Balaban J connectivity index is 2.08. The average Bonchev–Trinajstić information content (AvgIpc) is 2.39. The highest BCUT2D eigenvalue weighted by atomic mass is 79.9. The second-order valence-electron chi connectivity index (χ2n) is 3.54. The molecular weight excluding hydrogens is 301 g/mol. The van der Waals surface area contributed by atoms with Crippen LogP contribution in [-0.2, 0) is 6.61 Å². The maximum Gasteiger partial charge on any atom is 0.171 e. The third-order valence-corrected chi connectivity index (χ3v) is 2.83. The Bertz CT molecular complexity index is 531. The molecule has 0 saturated heterocycles. The molecule has 0 spiro atoms. The second kappa shape index (κ2) is 5.82. The first-order valence-electron chi connectivity index (χ1n) is 5.26. The summed E-state index contributed by atoms with van der Waals surface area (Å²) in [4.78, 5) is 4.02. The third kappa shape index (κ3) is 2.98. The molecule has 0 bridgehead atoms. The monoisotopic (exact) mass is 311 g/mol. The SMILES string of the molecule is COc1cccc(COc2ccc(Br)nc2)c1F. The number of halogens is 2. The Kier molecular flexibility index (Phi) is 4.15. The number of hydrogen-bond acceptors (Lipinski definition) is 3. The van der Waals surface area contributed by atoms with E-state index in [2.05, 4.69) is 20.9 Å². The van der Waals surface area contributed by atoms with E-state index in [0.717, 1.165) is 4.60 Å². The molecule has 5 heteroatoms. The highest BCUT2D eigenvalue weighted by Crippen LogP contribution is 2.21. The van der Waals surface area contributed by atoms with Gasteiger partial charge in [-0.15, -0.1) is 0 Å². The van der Waals surface area contributed by atoms with Gasteiger partial charge in [-0.2, -0.15) is 0 Å². The van der Waals surface area contributed by atoms with Gasteiger partial charge >= 0.3 is 0 Å². The van der Waals surface area contributed by atoms with Gasteiger partial charge in [-0.3, -0.25) is 0 Å². The van der Waals surface area contributed by atoms with E-state index in [-0.39, 0.29) is 12.4 Å². The molecule has 0 N–H and O–H groups in total. The third-order valence-electron chi connectivity index (χ3n) is 2.36. The van der Waals surface area contributed by atoms with Crippen LogP contribution in [0.2, 0.25) is 0 Å². The van der Waals surface area contributed by atoms with Crippen molar-refractivity contribution in [3.8, 4) is 11.5 Å². The van der Waals surface area contributed by atoms with Crippen molar-refractivity contribution in [2.45, 2.75) is 6.61 Å². The molecule has 18 heavy (non-hydrogen) atoms. The molecule has 3 nitrogen and oxygen atoms in total. The molecule has 2 aromatic rings. The molecule has 2 rings (SSSR count). The molecule has 1 heterocycles. The van der Waals surface area contributed by atoms with Crippen LogP contribution in [0.15, 0.2) is 41.1 Å². The van der Waals surface area contributed by atoms with Crippen LogP contribution in [0.3, 0.4) is 0 Å². The number of benzene rings is 1. The Morgan fingerprint density at radius 2 is 2.11 bits per heavy atom. The summed E-state index contributed by atoms with van der Waals surface area (Å²) in [6.07, 6.45) is 1.57. The normalized spacial score (nSPS) is 10.2. The highest BCUT2D eigenvalue weighted by molar-refractivity contribution is 9.10. The van der Waals surface area contributed by atoms with E-state index in [1.165, 1.54) is 7.11 Å². The molecule has 0 atom stereocenters. The van der Waals surface area contributed by atoms with Crippen molar-refractivity contribution in [1.29, 1.82) is 0 Å². The summed E-state index contributed by atoms with van der Waals surface area (Å²) in [5.74, 6) is 0.399. The molecular formula is C13H11BrFNO2. The highest BCUT2D eigenvalue weighted by Gasteiger charge is 2.08. The molecule has 1 aromatic heterocycles. The molecule has 94 valence electrons. The maximum absolute atomic E-state index is 13.8. The van der Waals surface area contributed by atoms with E-state index in [1.807, 2.05) is 0 Å². The van der Waals surface area contributed by atoms with E-state index in [4.69, 9.17) is 9.47 Å². The molecule has 0 amide bonds. The quantitative estimate of drug-likeness (QED) is 0.809. The van der Waals surface area contributed by atoms with Gasteiger partial charge in [-0.1, -0.05) is 12.1 Å². The van der Waals surface area contributed by atoms with Crippen molar-refractivity contribution in [3.05, 3.63) is 52.5 Å². The minimum Gasteiger partial charge on any atom is -0.494 e. The first kappa shape index (κ1) is 12.8. The lowest BCUT2D eigenvalue weighted by Crippen LogP contribution is -2.00. The summed E-state index contributed by atoms with van der Waals surface area (Å²) < 4.78 is 24.9. The van der Waals surface area contributed by atoms with E-state index in [9.17, 15) is 4.39 Å². The zero-order valence-electron chi connectivity index (χ0n) is 9.69. The Labute approximate surface area is 113 Å². The standard InChI is InChI=1S/C13H11BrFNO2/c1-17-11-4-2-3-9(13(11)15)8-18-10-5-6-12(14)16-7-10/h2-7H,8H2,1H3. The number of rotatable bonds is 4. The molecule has 0 aliphatic carbocycles. The van der Waals surface area contributed by atoms with Crippen molar-refractivity contribution >= 4 is 15.9 Å². The summed E-state index contributed by atoms with van der Waals surface area (Å²) in [6, 6.07) is 8.47. The fraction of sp³-hybridized carbons (Fsp3) is 0.154. The van der Waals surface area contributed by atoms with Crippen molar-refractivity contribution in [2.75, 3.05) is 7.11 Å². The van der Waals surface area contributed by atoms with Crippen molar-refractivity contribution in [1.82, 2.24) is 4.98 Å². The first-order chi connectivity index (χ1) is 8.70. The van der Waals surface area contributed by atoms with Gasteiger partial charge in [0.25, 0.3) is 0 Å². The smallest absolute Gasteiger partial charge is 0.171 e. The molecule has 0 unspecified atom stereocenters. The van der Waals surface area contributed by atoms with E-state index in [1.54, 1.807) is 36.5 Å². The molecule has 0 fully saturated rings. The first-order valence-corrected chi connectivity index (χ1v) is 6.05. The molecule has 1 aromatic carbocycles. The molecule has 0 aliphatic rings. The second-order valence-corrected chi connectivity index (χ2v) is 4.35. The van der Waals surface area contributed by atoms with Gasteiger partial charge < -0.3 is 9.47 Å². The van der Waals surface area contributed by atoms with Gasteiger partial charge in [0.1, 0.15) is 17.0 Å². The van der Waals surface area contributed by atoms with Crippen LogP contribution in [-0.4, -0.2) is 12.1 Å². The van der Waals surface area contributed by atoms with Gasteiger partial charge in [0.2, 0.25) is 0 Å². The zero-order valence-corrected chi connectivity index (χ0v) is 11.3. The van der Waals surface area contributed by atoms with Crippen LogP contribution < -0.4 is 9.47 Å². The van der Waals surface area contributed by atoms with Gasteiger partial charge in [-0.25, -0.2) is 9.37 Å². The van der Waals surface area contributed by atoms with E-state index >= 15 is 0 Å². The minimum absolute atomic E-state index is 0.131. The maximum atomic E-state index is 13.8. The number of nitrogens with zero attached hydrogens (tertiary/aromatic N) is 1. The van der Waals surface area contributed by atoms with Crippen LogP contribution in [0, 0.1) is 5.82 Å².